The average molecular weight is 283 g/mol. The molecule has 0 amide bonds. The van der Waals surface area contributed by atoms with Crippen molar-refractivity contribution in [3.63, 3.8) is 0 Å². The molecule has 1 aromatic heterocycles. The standard InChI is InChI=1S/C13H11ClOS2/c1-9-10(6-7-16-9)12(15)8-17-13-5-3-2-4-11(13)14/h2-7H,8H2,1H3. The van der Waals surface area contributed by atoms with E-state index in [0.717, 1.165) is 15.3 Å². The molecule has 0 unspecified atom stereocenters. The molecular formula is C13H11ClOS2. The fourth-order valence-corrected chi connectivity index (χ4v) is 3.30. The molecule has 0 radical (unpaired) electrons. The number of halogens is 1. The quantitative estimate of drug-likeness (QED) is 0.598. The smallest absolute Gasteiger partial charge is 0.174 e. The van der Waals surface area contributed by atoms with Crippen LogP contribution in [0.5, 0.6) is 0 Å². The molecule has 17 heavy (non-hydrogen) atoms. The van der Waals surface area contributed by atoms with Crippen molar-refractivity contribution in [3.05, 3.63) is 51.2 Å². The van der Waals surface area contributed by atoms with Crippen molar-refractivity contribution in [1.29, 1.82) is 0 Å². The molecule has 0 spiro atoms. The van der Waals surface area contributed by atoms with E-state index >= 15 is 0 Å². The van der Waals surface area contributed by atoms with Crippen LogP contribution in [0.25, 0.3) is 0 Å². The van der Waals surface area contributed by atoms with Gasteiger partial charge >= 0.3 is 0 Å². The van der Waals surface area contributed by atoms with Crippen molar-refractivity contribution >= 4 is 40.5 Å². The number of benzene rings is 1. The van der Waals surface area contributed by atoms with Crippen molar-refractivity contribution in [2.75, 3.05) is 5.75 Å². The molecule has 2 aromatic rings. The first-order chi connectivity index (χ1) is 8.18. The summed E-state index contributed by atoms with van der Waals surface area (Å²) in [5, 5.41) is 2.65. The monoisotopic (exact) mass is 282 g/mol. The molecule has 0 aliphatic heterocycles. The first-order valence-electron chi connectivity index (χ1n) is 5.13. The number of carbonyl (C=O) groups excluding carboxylic acids is 1. The molecule has 0 aliphatic rings. The van der Waals surface area contributed by atoms with Crippen LogP contribution >= 0.6 is 34.7 Å². The number of rotatable bonds is 4. The van der Waals surface area contributed by atoms with Gasteiger partial charge in [0.05, 0.1) is 10.8 Å². The molecular weight excluding hydrogens is 272 g/mol. The fraction of sp³-hybridized carbons (Fsp3) is 0.154. The number of thiophene rings is 1. The van der Waals surface area contributed by atoms with Crippen molar-refractivity contribution < 1.29 is 4.79 Å². The average Bonchev–Trinajstić information content (AvgIpc) is 2.74. The third-order valence-electron chi connectivity index (χ3n) is 2.35. The lowest BCUT2D eigenvalue weighted by atomic mass is 10.2. The van der Waals surface area contributed by atoms with Crippen LogP contribution < -0.4 is 0 Å². The number of hydrogen-bond donors (Lipinski definition) is 0. The van der Waals surface area contributed by atoms with Gasteiger partial charge in [-0.2, -0.15) is 0 Å². The Hall–Kier alpha value is -0.770. The van der Waals surface area contributed by atoms with Gasteiger partial charge in [-0.1, -0.05) is 23.7 Å². The summed E-state index contributed by atoms with van der Waals surface area (Å²) < 4.78 is 0. The van der Waals surface area contributed by atoms with Gasteiger partial charge in [-0.3, -0.25) is 4.79 Å². The van der Waals surface area contributed by atoms with Crippen molar-refractivity contribution in [2.24, 2.45) is 0 Å². The van der Waals surface area contributed by atoms with Crippen LogP contribution in [-0.2, 0) is 0 Å². The molecule has 0 atom stereocenters. The summed E-state index contributed by atoms with van der Waals surface area (Å²) in [7, 11) is 0. The maximum atomic E-state index is 12.0. The van der Waals surface area contributed by atoms with Gasteiger partial charge in [0.25, 0.3) is 0 Å². The summed E-state index contributed by atoms with van der Waals surface area (Å²) in [6.45, 7) is 1.97. The second-order valence-electron chi connectivity index (χ2n) is 3.53. The Morgan fingerprint density at radius 2 is 2.12 bits per heavy atom. The Labute approximate surface area is 114 Å². The number of ketones is 1. The Morgan fingerprint density at radius 1 is 1.35 bits per heavy atom. The molecule has 2 rings (SSSR count). The van der Waals surface area contributed by atoms with Crippen LogP contribution in [0.3, 0.4) is 0 Å². The van der Waals surface area contributed by atoms with Gasteiger partial charge in [0, 0.05) is 15.3 Å². The van der Waals surface area contributed by atoms with E-state index in [2.05, 4.69) is 0 Å². The van der Waals surface area contributed by atoms with Gasteiger partial charge < -0.3 is 0 Å². The normalized spacial score (nSPS) is 10.5. The third kappa shape index (κ3) is 3.12. The summed E-state index contributed by atoms with van der Waals surface area (Å²) in [4.78, 5) is 14.0. The Balaban J connectivity index is 2.02. The molecule has 1 heterocycles. The largest absolute Gasteiger partial charge is 0.293 e. The van der Waals surface area contributed by atoms with Gasteiger partial charge in [-0.25, -0.2) is 0 Å². The zero-order valence-corrected chi connectivity index (χ0v) is 11.7. The molecule has 88 valence electrons. The van der Waals surface area contributed by atoms with Crippen LogP contribution in [0.15, 0.2) is 40.6 Å². The number of Topliss-reactive ketones (excluding diaryl/α,β-unsaturated/α-hetero) is 1. The van der Waals surface area contributed by atoms with E-state index in [1.54, 1.807) is 11.3 Å². The topological polar surface area (TPSA) is 17.1 Å². The van der Waals surface area contributed by atoms with E-state index in [1.807, 2.05) is 42.6 Å². The van der Waals surface area contributed by atoms with Gasteiger partial charge in [0.2, 0.25) is 0 Å². The van der Waals surface area contributed by atoms with Crippen LogP contribution in [0, 0.1) is 6.92 Å². The maximum Gasteiger partial charge on any atom is 0.174 e. The third-order valence-corrected chi connectivity index (χ3v) is 4.72. The lowest BCUT2D eigenvalue weighted by Gasteiger charge is -2.03. The van der Waals surface area contributed by atoms with E-state index in [1.165, 1.54) is 11.8 Å². The van der Waals surface area contributed by atoms with Crippen molar-refractivity contribution in [1.82, 2.24) is 0 Å². The SMILES string of the molecule is Cc1sccc1C(=O)CSc1ccccc1Cl. The van der Waals surface area contributed by atoms with Gasteiger partial charge in [0.15, 0.2) is 5.78 Å². The minimum absolute atomic E-state index is 0.161. The van der Waals surface area contributed by atoms with Crippen LogP contribution in [0.2, 0.25) is 5.02 Å². The van der Waals surface area contributed by atoms with Crippen molar-refractivity contribution in [2.45, 2.75) is 11.8 Å². The fourth-order valence-electron chi connectivity index (χ4n) is 1.46. The van der Waals surface area contributed by atoms with Crippen LogP contribution in [-0.4, -0.2) is 11.5 Å². The van der Waals surface area contributed by atoms with E-state index < -0.39 is 0 Å². The Bertz CT molecular complexity index is 534. The molecule has 0 N–H and O–H groups in total. The molecule has 0 bridgehead atoms. The summed E-state index contributed by atoms with van der Waals surface area (Å²) in [5.74, 6) is 0.593. The molecule has 1 nitrogen and oxygen atoms in total. The molecule has 0 saturated carbocycles. The van der Waals surface area contributed by atoms with E-state index in [9.17, 15) is 4.79 Å². The molecule has 0 fully saturated rings. The first-order valence-corrected chi connectivity index (χ1v) is 7.37. The molecule has 0 saturated heterocycles. The van der Waals surface area contributed by atoms with E-state index in [0.29, 0.717) is 10.8 Å². The van der Waals surface area contributed by atoms with Crippen LogP contribution in [0.1, 0.15) is 15.2 Å². The number of carbonyl (C=O) groups is 1. The van der Waals surface area contributed by atoms with Crippen LogP contribution in [0.4, 0.5) is 0 Å². The number of hydrogen-bond acceptors (Lipinski definition) is 3. The highest BCUT2D eigenvalue weighted by Gasteiger charge is 2.11. The minimum Gasteiger partial charge on any atom is -0.293 e. The summed E-state index contributed by atoms with van der Waals surface area (Å²) in [6, 6.07) is 9.46. The summed E-state index contributed by atoms with van der Waals surface area (Å²) in [6.07, 6.45) is 0. The molecule has 0 aliphatic carbocycles. The van der Waals surface area contributed by atoms with Gasteiger partial charge in [0.1, 0.15) is 0 Å². The summed E-state index contributed by atoms with van der Waals surface area (Å²) >= 11 is 9.12. The van der Waals surface area contributed by atoms with E-state index in [-0.39, 0.29) is 5.78 Å². The van der Waals surface area contributed by atoms with Crippen molar-refractivity contribution in [3.8, 4) is 0 Å². The highest BCUT2D eigenvalue weighted by Crippen LogP contribution is 2.27. The highest BCUT2D eigenvalue weighted by atomic mass is 35.5. The second-order valence-corrected chi connectivity index (χ2v) is 6.08. The number of aryl methyl sites for hydroxylation is 1. The Morgan fingerprint density at radius 3 is 2.76 bits per heavy atom. The first kappa shape index (κ1) is 12.7. The van der Waals surface area contributed by atoms with E-state index in [4.69, 9.17) is 11.6 Å². The predicted molar refractivity (Wildman–Crippen MR) is 75.6 cm³/mol. The maximum absolute atomic E-state index is 12.0. The lowest BCUT2D eigenvalue weighted by molar-refractivity contribution is 0.102. The minimum atomic E-state index is 0.161. The second kappa shape index (κ2) is 5.71. The van der Waals surface area contributed by atoms with Gasteiger partial charge in [-0.15, -0.1) is 23.1 Å². The summed E-state index contributed by atoms with van der Waals surface area (Å²) in [5.41, 5.74) is 0.828. The zero-order chi connectivity index (χ0) is 12.3. The molecule has 4 heteroatoms. The predicted octanol–water partition coefficient (Wildman–Crippen LogP) is 4.68. The number of thioether (sulfide) groups is 1. The van der Waals surface area contributed by atoms with Gasteiger partial charge in [-0.05, 0) is 30.5 Å². The molecule has 1 aromatic carbocycles. The zero-order valence-electron chi connectivity index (χ0n) is 9.27. The highest BCUT2D eigenvalue weighted by molar-refractivity contribution is 8.00. The Kier molecular flexibility index (Phi) is 4.26. The lowest BCUT2D eigenvalue weighted by Crippen LogP contribution is -2.02.